The highest BCUT2D eigenvalue weighted by Gasteiger charge is 2.25. The van der Waals surface area contributed by atoms with Gasteiger partial charge in [0.1, 0.15) is 0 Å². The number of hydrogen-bond acceptors (Lipinski definition) is 3. The van der Waals surface area contributed by atoms with Crippen molar-refractivity contribution < 1.29 is 14.3 Å². The molecule has 20 heavy (non-hydrogen) atoms. The maximum atomic E-state index is 12.1. The van der Waals surface area contributed by atoms with Crippen molar-refractivity contribution in [3.63, 3.8) is 0 Å². The Hall–Kier alpha value is -1.52. The van der Waals surface area contributed by atoms with Crippen LogP contribution in [-0.4, -0.2) is 30.8 Å². The number of carbonyl (C=O) groups is 1. The van der Waals surface area contributed by atoms with E-state index in [1.165, 1.54) is 4.90 Å². The van der Waals surface area contributed by atoms with Crippen LogP contribution in [0, 0.1) is 0 Å². The van der Waals surface area contributed by atoms with Gasteiger partial charge in [0.2, 0.25) is 0 Å². The molecule has 1 rings (SSSR count). The van der Waals surface area contributed by atoms with Crippen molar-refractivity contribution in [2.75, 3.05) is 19.8 Å². The molecule has 0 bridgehead atoms. The summed E-state index contributed by atoms with van der Waals surface area (Å²) in [7, 11) is 0. The van der Waals surface area contributed by atoms with Crippen molar-refractivity contribution in [2.24, 2.45) is 0 Å². The molecule has 0 saturated heterocycles. The van der Waals surface area contributed by atoms with Crippen molar-refractivity contribution in [3.8, 4) is 0 Å². The highest BCUT2D eigenvalue weighted by atomic mass is 35.5. The zero-order valence-electron chi connectivity index (χ0n) is 11.8. The van der Waals surface area contributed by atoms with Gasteiger partial charge >= 0.3 is 6.09 Å². The summed E-state index contributed by atoms with van der Waals surface area (Å²) in [5, 5.41) is 0.592. The Bertz CT molecular complexity index is 450. The minimum Gasteiger partial charge on any atom is -0.450 e. The van der Waals surface area contributed by atoms with Gasteiger partial charge in [-0.25, -0.2) is 4.79 Å². The lowest BCUT2D eigenvalue weighted by Gasteiger charge is -2.30. The van der Waals surface area contributed by atoms with Crippen LogP contribution in [0.2, 0.25) is 5.02 Å². The molecule has 0 fully saturated rings. The lowest BCUT2D eigenvalue weighted by molar-refractivity contribution is -0.0464. The molecule has 5 heteroatoms. The van der Waals surface area contributed by atoms with E-state index in [2.05, 4.69) is 6.58 Å². The van der Waals surface area contributed by atoms with E-state index in [-0.39, 0.29) is 0 Å². The summed E-state index contributed by atoms with van der Waals surface area (Å²) >= 11 is 6.00. The molecular formula is C15H20ClNO3. The SMILES string of the molecule is C=CCN(C(=O)OCC)C(OCC)c1cccc(Cl)c1. The Labute approximate surface area is 124 Å². The lowest BCUT2D eigenvalue weighted by atomic mass is 10.2. The standard InChI is InChI=1S/C15H20ClNO3/c1-4-10-17(15(18)20-6-3)14(19-5-2)12-8-7-9-13(16)11-12/h4,7-9,11,14H,1,5-6,10H2,2-3H3. The third-order valence-corrected chi connectivity index (χ3v) is 2.80. The quantitative estimate of drug-likeness (QED) is 0.563. The number of amides is 1. The molecule has 0 radical (unpaired) electrons. The molecule has 4 nitrogen and oxygen atoms in total. The molecule has 1 unspecified atom stereocenters. The fourth-order valence-electron chi connectivity index (χ4n) is 1.80. The van der Waals surface area contributed by atoms with Gasteiger partial charge in [0.05, 0.1) is 6.61 Å². The molecule has 0 N–H and O–H groups in total. The molecule has 1 amide bonds. The molecule has 0 aromatic heterocycles. The first kappa shape index (κ1) is 16.5. The molecule has 0 heterocycles. The lowest BCUT2D eigenvalue weighted by Crippen LogP contribution is -2.37. The Balaban J connectivity index is 3.06. The maximum Gasteiger partial charge on any atom is 0.412 e. The number of ether oxygens (including phenoxy) is 2. The Morgan fingerprint density at radius 1 is 1.45 bits per heavy atom. The first-order chi connectivity index (χ1) is 9.63. The zero-order valence-corrected chi connectivity index (χ0v) is 12.6. The van der Waals surface area contributed by atoms with Crippen LogP contribution in [0.4, 0.5) is 4.79 Å². The van der Waals surface area contributed by atoms with E-state index >= 15 is 0 Å². The Morgan fingerprint density at radius 3 is 2.75 bits per heavy atom. The highest BCUT2D eigenvalue weighted by Crippen LogP contribution is 2.25. The number of nitrogens with zero attached hydrogens (tertiary/aromatic N) is 1. The third-order valence-electron chi connectivity index (χ3n) is 2.57. The molecule has 1 atom stereocenters. The summed E-state index contributed by atoms with van der Waals surface area (Å²) in [6, 6.07) is 7.23. The summed E-state index contributed by atoms with van der Waals surface area (Å²) in [5.74, 6) is 0. The van der Waals surface area contributed by atoms with Gasteiger partial charge in [-0.15, -0.1) is 6.58 Å². The van der Waals surface area contributed by atoms with E-state index in [0.717, 1.165) is 5.56 Å². The van der Waals surface area contributed by atoms with E-state index in [9.17, 15) is 4.79 Å². The number of carbonyl (C=O) groups excluding carboxylic acids is 1. The van der Waals surface area contributed by atoms with Crippen LogP contribution in [0.5, 0.6) is 0 Å². The largest absolute Gasteiger partial charge is 0.450 e. The number of rotatable bonds is 7. The van der Waals surface area contributed by atoms with Gasteiger partial charge in [0.15, 0.2) is 6.23 Å². The van der Waals surface area contributed by atoms with Crippen LogP contribution in [0.25, 0.3) is 0 Å². The van der Waals surface area contributed by atoms with Crippen molar-refractivity contribution in [3.05, 3.63) is 47.5 Å². The molecule has 1 aromatic carbocycles. The second kappa shape index (κ2) is 8.61. The predicted octanol–water partition coefficient (Wildman–Crippen LogP) is 4.02. The third kappa shape index (κ3) is 4.54. The van der Waals surface area contributed by atoms with E-state index in [4.69, 9.17) is 21.1 Å². The van der Waals surface area contributed by atoms with Crippen LogP contribution in [-0.2, 0) is 9.47 Å². The van der Waals surface area contributed by atoms with Crippen molar-refractivity contribution in [1.82, 2.24) is 4.90 Å². The summed E-state index contributed by atoms with van der Waals surface area (Å²) in [6.45, 7) is 8.40. The summed E-state index contributed by atoms with van der Waals surface area (Å²) < 4.78 is 10.7. The minimum atomic E-state index is -0.546. The Kier molecular flexibility index (Phi) is 7.12. The van der Waals surface area contributed by atoms with Crippen molar-refractivity contribution in [2.45, 2.75) is 20.1 Å². The monoisotopic (exact) mass is 297 g/mol. The average molecular weight is 298 g/mol. The molecule has 0 aliphatic heterocycles. The van der Waals surface area contributed by atoms with E-state index in [1.54, 1.807) is 25.1 Å². The second-order valence-electron chi connectivity index (χ2n) is 4.00. The molecular weight excluding hydrogens is 278 g/mol. The smallest absolute Gasteiger partial charge is 0.412 e. The van der Waals surface area contributed by atoms with E-state index in [0.29, 0.717) is 24.8 Å². The first-order valence-corrected chi connectivity index (χ1v) is 6.93. The fraction of sp³-hybridized carbons (Fsp3) is 0.400. The van der Waals surface area contributed by atoms with E-state index in [1.807, 2.05) is 19.1 Å². The van der Waals surface area contributed by atoms with Gasteiger partial charge in [-0.05, 0) is 26.0 Å². The fourth-order valence-corrected chi connectivity index (χ4v) is 1.99. The zero-order chi connectivity index (χ0) is 15.0. The topological polar surface area (TPSA) is 38.8 Å². The van der Waals surface area contributed by atoms with Crippen LogP contribution in [0.15, 0.2) is 36.9 Å². The average Bonchev–Trinajstić information content (AvgIpc) is 2.43. The number of hydrogen-bond donors (Lipinski definition) is 0. The van der Waals surface area contributed by atoms with E-state index < -0.39 is 12.3 Å². The Morgan fingerprint density at radius 2 is 2.20 bits per heavy atom. The normalized spacial score (nSPS) is 11.8. The van der Waals surface area contributed by atoms with Crippen molar-refractivity contribution >= 4 is 17.7 Å². The number of halogens is 1. The molecule has 0 aliphatic rings. The van der Waals surface area contributed by atoms with Gasteiger partial charge in [0.25, 0.3) is 0 Å². The highest BCUT2D eigenvalue weighted by molar-refractivity contribution is 6.30. The van der Waals surface area contributed by atoms with Crippen molar-refractivity contribution in [1.29, 1.82) is 0 Å². The molecule has 1 aromatic rings. The maximum absolute atomic E-state index is 12.1. The summed E-state index contributed by atoms with van der Waals surface area (Å²) in [5.41, 5.74) is 0.800. The molecule has 0 aliphatic carbocycles. The second-order valence-corrected chi connectivity index (χ2v) is 4.44. The predicted molar refractivity (Wildman–Crippen MR) is 79.7 cm³/mol. The van der Waals surface area contributed by atoms with Crippen LogP contribution in [0.1, 0.15) is 25.6 Å². The van der Waals surface area contributed by atoms with Crippen LogP contribution >= 0.6 is 11.6 Å². The summed E-state index contributed by atoms with van der Waals surface area (Å²) in [6.07, 6.45) is 0.648. The molecule has 0 saturated carbocycles. The minimum absolute atomic E-state index is 0.306. The molecule has 0 spiro atoms. The van der Waals surface area contributed by atoms with Gasteiger partial charge < -0.3 is 9.47 Å². The van der Waals surface area contributed by atoms with Gasteiger partial charge in [-0.1, -0.05) is 29.8 Å². The first-order valence-electron chi connectivity index (χ1n) is 6.55. The number of benzene rings is 1. The van der Waals surface area contributed by atoms with Gasteiger partial charge in [-0.3, -0.25) is 4.90 Å². The summed E-state index contributed by atoms with van der Waals surface area (Å²) in [4.78, 5) is 13.5. The van der Waals surface area contributed by atoms with Gasteiger partial charge in [0, 0.05) is 23.7 Å². The van der Waals surface area contributed by atoms with Gasteiger partial charge in [-0.2, -0.15) is 0 Å². The van der Waals surface area contributed by atoms with Crippen LogP contribution < -0.4 is 0 Å². The van der Waals surface area contributed by atoms with Crippen LogP contribution in [0.3, 0.4) is 0 Å². The molecule has 110 valence electrons.